The number of H-pyrrole nitrogens is 1. The third-order valence-electron chi connectivity index (χ3n) is 4.49. The van der Waals surface area contributed by atoms with Gasteiger partial charge in [-0.3, -0.25) is 4.90 Å². The van der Waals surface area contributed by atoms with E-state index in [4.69, 9.17) is 0 Å². The van der Waals surface area contributed by atoms with E-state index in [1.54, 1.807) is 0 Å². The molecule has 0 amide bonds. The van der Waals surface area contributed by atoms with E-state index in [1.165, 1.54) is 18.4 Å². The average molecular weight is 318 g/mol. The van der Waals surface area contributed by atoms with Crippen molar-refractivity contribution >= 4 is 15.9 Å². The van der Waals surface area contributed by atoms with E-state index in [-0.39, 0.29) is 0 Å². The smallest absolute Gasteiger partial charge is 0.123 e. The summed E-state index contributed by atoms with van der Waals surface area (Å²) in [7, 11) is 2.23. The molecule has 19 heavy (non-hydrogen) atoms. The Kier molecular flexibility index (Phi) is 2.57. The third-order valence-corrected chi connectivity index (χ3v) is 5.02. The SMILES string of the molecule is CN1[C@@H]2C[C@@H]2C[C@H]1c1ncc(-c2ccc(Br)cc2)[nH]1. The van der Waals surface area contributed by atoms with Gasteiger partial charge in [0.25, 0.3) is 0 Å². The molecule has 2 heterocycles. The van der Waals surface area contributed by atoms with Crippen molar-refractivity contribution < 1.29 is 0 Å². The standard InChI is InChI=1S/C15H16BrN3/c1-19-13-6-10(13)7-14(19)15-17-8-12(18-15)9-2-4-11(16)5-3-9/h2-5,8,10,13-14H,6-7H2,1H3,(H,17,18)/t10-,13-,14+/m1/s1. The summed E-state index contributed by atoms with van der Waals surface area (Å²) in [4.78, 5) is 10.6. The summed E-state index contributed by atoms with van der Waals surface area (Å²) in [5.41, 5.74) is 2.30. The van der Waals surface area contributed by atoms with Crippen molar-refractivity contribution in [3.05, 3.63) is 40.8 Å². The second-order valence-electron chi connectivity index (χ2n) is 5.67. The Morgan fingerprint density at radius 2 is 2.05 bits per heavy atom. The van der Waals surface area contributed by atoms with Gasteiger partial charge >= 0.3 is 0 Å². The number of rotatable bonds is 2. The molecule has 0 unspecified atom stereocenters. The minimum absolute atomic E-state index is 0.480. The fourth-order valence-corrected chi connectivity index (χ4v) is 3.52. The van der Waals surface area contributed by atoms with Gasteiger partial charge in [-0.05, 0) is 43.5 Å². The number of hydrogen-bond donors (Lipinski definition) is 1. The summed E-state index contributed by atoms with van der Waals surface area (Å²) < 4.78 is 1.10. The van der Waals surface area contributed by atoms with Gasteiger partial charge in [0.1, 0.15) is 5.82 Å². The molecular formula is C15H16BrN3. The monoisotopic (exact) mass is 317 g/mol. The van der Waals surface area contributed by atoms with E-state index < -0.39 is 0 Å². The van der Waals surface area contributed by atoms with Gasteiger partial charge in [0, 0.05) is 10.5 Å². The molecule has 0 spiro atoms. The predicted octanol–water partition coefficient (Wildman–Crippen LogP) is 3.60. The molecule has 0 bridgehead atoms. The quantitative estimate of drug-likeness (QED) is 0.917. The lowest BCUT2D eigenvalue weighted by Gasteiger charge is -2.20. The number of nitrogens with one attached hydrogen (secondary N) is 1. The molecule has 1 saturated heterocycles. The molecule has 3 atom stereocenters. The summed E-state index contributed by atoms with van der Waals surface area (Å²) in [5.74, 6) is 2.03. The maximum Gasteiger partial charge on any atom is 0.123 e. The number of nitrogens with zero attached hydrogens (tertiary/aromatic N) is 2. The van der Waals surface area contributed by atoms with Crippen molar-refractivity contribution in [2.24, 2.45) is 5.92 Å². The van der Waals surface area contributed by atoms with E-state index in [0.717, 1.165) is 28.0 Å². The van der Waals surface area contributed by atoms with Crippen molar-refractivity contribution in [1.82, 2.24) is 14.9 Å². The average Bonchev–Trinajstić information content (AvgIpc) is 2.88. The summed E-state index contributed by atoms with van der Waals surface area (Å²) in [6, 6.07) is 9.63. The molecular weight excluding hydrogens is 302 g/mol. The van der Waals surface area contributed by atoms with Gasteiger partial charge in [0.2, 0.25) is 0 Å². The molecule has 98 valence electrons. The molecule has 0 radical (unpaired) electrons. The zero-order valence-corrected chi connectivity index (χ0v) is 12.4. The molecule has 3 nitrogen and oxygen atoms in total. The maximum absolute atomic E-state index is 4.59. The molecule has 4 heteroatoms. The molecule has 1 saturated carbocycles. The van der Waals surface area contributed by atoms with Crippen LogP contribution >= 0.6 is 15.9 Å². The molecule has 1 aliphatic carbocycles. The van der Waals surface area contributed by atoms with Gasteiger partial charge in [-0.25, -0.2) is 4.98 Å². The van der Waals surface area contributed by atoms with Gasteiger partial charge in [-0.2, -0.15) is 0 Å². The van der Waals surface area contributed by atoms with Crippen LogP contribution in [0.2, 0.25) is 0 Å². The zero-order valence-electron chi connectivity index (χ0n) is 10.8. The van der Waals surface area contributed by atoms with E-state index in [2.05, 4.69) is 62.1 Å². The van der Waals surface area contributed by atoms with E-state index in [0.29, 0.717) is 6.04 Å². The summed E-state index contributed by atoms with van der Waals surface area (Å²) in [6.07, 6.45) is 4.60. The lowest BCUT2D eigenvalue weighted by atomic mass is 10.1. The molecule has 1 aromatic heterocycles. The molecule has 2 aromatic rings. The summed E-state index contributed by atoms with van der Waals surface area (Å²) >= 11 is 3.46. The lowest BCUT2D eigenvalue weighted by molar-refractivity contribution is 0.264. The first-order valence-electron chi connectivity index (χ1n) is 6.75. The number of aromatic amines is 1. The van der Waals surface area contributed by atoms with Crippen LogP contribution in [0, 0.1) is 5.92 Å². The van der Waals surface area contributed by atoms with Gasteiger partial charge < -0.3 is 4.98 Å². The highest BCUT2D eigenvalue weighted by atomic mass is 79.9. The first kappa shape index (κ1) is 11.7. The first-order valence-corrected chi connectivity index (χ1v) is 7.54. The highest BCUT2D eigenvalue weighted by molar-refractivity contribution is 9.10. The lowest BCUT2D eigenvalue weighted by Crippen LogP contribution is -2.22. The minimum atomic E-state index is 0.480. The van der Waals surface area contributed by atoms with Crippen molar-refractivity contribution in [2.75, 3.05) is 7.05 Å². The predicted molar refractivity (Wildman–Crippen MR) is 78.7 cm³/mol. The van der Waals surface area contributed by atoms with Gasteiger partial charge in [-0.15, -0.1) is 0 Å². The van der Waals surface area contributed by atoms with Crippen molar-refractivity contribution in [2.45, 2.75) is 24.9 Å². The summed E-state index contributed by atoms with van der Waals surface area (Å²) in [6.45, 7) is 0. The van der Waals surface area contributed by atoms with Crippen molar-refractivity contribution in [3.8, 4) is 11.3 Å². The Morgan fingerprint density at radius 3 is 2.74 bits per heavy atom. The number of fused-ring (bicyclic) bond motifs is 1. The van der Waals surface area contributed by atoms with Crippen LogP contribution < -0.4 is 0 Å². The Hall–Kier alpha value is -1.13. The van der Waals surface area contributed by atoms with Crippen LogP contribution in [0.1, 0.15) is 24.7 Å². The fraction of sp³-hybridized carbons (Fsp3) is 0.400. The zero-order chi connectivity index (χ0) is 13.0. The Balaban J connectivity index is 1.61. The number of halogens is 1. The Bertz CT molecular complexity index is 604. The molecule has 1 N–H and O–H groups in total. The van der Waals surface area contributed by atoms with E-state index >= 15 is 0 Å². The number of hydrogen-bond acceptors (Lipinski definition) is 2. The molecule has 2 aliphatic rings. The van der Waals surface area contributed by atoms with E-state index in [9.17, 15) is 0 Å². The Labute approximate surface area is 121 Å². The molecule has 2 fully saturated rings. The highest BCUT2D eigenvalue weighted by Gasteiger charge is 2.51. The number of piperidine rings is 1. The first-order chi connectivity index (χ1) is 9.22. The van der Waals surface area contributed by atoms with Crippen LogP contribution in [-0.4, -0.2) is 28.0 Å². The molecule has 1 aliphatic heterocycles. The third kappa shape index (κ3) is 1.94. The van der Waals surface area contributed by atoms with Crippen LogP contribution in [0.4, 0.5) is 0 Å². The van der Waals surface area contributed by atoms with Crippen LogP contribution in [-0.2, 0) is 0 Å². The minimum Gasteiger partial charge on any atom is -0.341 e. The number of aromatic nitrogens is 2. The van der Waals surface area contributed by atoms with Crippen molar-refractivity contribution in [1.29, 1.82) is 0 Å². The largest absolute Gasteiger partial charge is 0.341 e. The van der Waals surface area contributed by atoms with Gasteiger partial charge in [0.15, 0.2) is 0 Å². The van der Waals surface area contributed by atoms with Crippen LogP contribution in [0.5, 0.6) is 0 Å². The van der Waals surface area contributed by atoms with E-state index in [1.807, 2.05) is 6.20 Å². The molecule has 1 aromatic carbocycles. The molecule has 4 rings (SSSR count). The number of imidazole rings is 1. The second kappa shape index (κ2) is 4.18. The topological polar surface area (TPSA) is 31.9 Å². The highest BCUT2D eigenvalue weighted by Crippen LogP contribution is 2.51. The normalized spacial score (nSPS) is 29.5. The van der Waals surface area contributed by atoms with Crippen LogP contribution in [0.15, 0.2) is 34.9 Å². The van der Waals surface area contributed by atoms with Crippen LogP contribution in [0.25, 0.3) is 11.3 Å². The number of benzene rings is 1. The maximum atomic E-state index is 4.59. The number of likely N-dealkylation sites (tertiary alicyclic amines) is 1. The Morgan fingerprint density at radius 1 is 1.26 bits per heavy atom. The second-order valence-corrected chi connectivity index (χ2v) is 6.58. The fourth-order valence-electron chi connectivity index (χ4n) is 3.25. The van der Waals surface area contributed by atoms with Gasteiger partial charge in [-0.1, -0.05) is 28.1 Å². The van der Waals surface area contributed by atoms with Crippen molar-refractivity contribution in [3.63, 3.8) is 0 Å². The summed E-state index contributed by atoms with van der Waals surface area (Å²) in [5, 5.41) is 0. The van der Waals surface area contributed by atoms with Crippen LogP contribution in [0.3, 0.4) is 0 Å². The van der Waals surface area contributed by atoms with Gasteiger partial charge in [0.05, 0.1) is 17.9 Å².